The summed E-state index contributed by atoms with van der Waals surface area (Å²) in [6.07, 6.45) is 2.76. The van der Waals surface area contributed by atoms with E-state index in [0.717, 1.165) is 29.4 Å². The number of likely N-dealkylation sites (N-methyl/N-ethyl adjacent to an activating group) is 1. The van der Waals surface area contributed by atoms with E-state index in [1.54, 1.807) is 13.2 Å². The monoisotopic (exact) mass is 277 g/mol. The quantitative estimate of drug-likeness (QED) is 0.778. The Kier molecular flexibility index (Phi) is 6.25. The number of carboxylic acids is 1. The summed E-state index contributed by atoms with van der Waals surface area (Å²) in [6.45, 7) is 7.85. The van der Waals surface area contributed by atoms with Crippen molar-refractivity contribution in [2.45, 2.75) is 26.8 Å². The Morgan fingerprint density at radius 1 is 1.50 bits per heavy atom. The lowest BCUT2D eigenvalue weighted by atomic mass is 10.1. The molecule has 0 aromatic heterocycles. The van der Waals surface area contributed by atoms with Crippen LogP contribution >= 0.6 is 0 Å². The van der Waals surface area contributed by atoms with Gasteiger partial charge in [0.1, 0.15) is 0 Å². The zero-order chi connectivity index (χ0) is 15.1. The number of anilines is 1. The molecule has 0 aliphatic rings. The molecule has 0 amide bonds. The summed E-state index contributed by atoms with van der Waals surface area (Å²) in [5, 5.41) is 8.65. The summed E-state index contributed by atoms with van der Waals surface area (Å²) < 4.78 is 5.22. The normalized spacial score (nSPS) is 12.6. The van der Waals surface area contributed by atoms with Crippen LogP contribution in [-0.4, -0.2) is 37.4 Å². The number of ether oxygens (including phenoxy) is 1. The summed E-state index contributed by atoms with van der Waals surface area (Å²) in [4.78, 5) is 12.8. The van der Waals surface area contributed by atoms with Crippen LogP contribution in [0.2, 0.25) is 0 Å². The van der Waals surface area contributed by atoms with Crippen molar-refractivity contribution in [3.8, 4) is 0 Å². The summed E-state index contributed by atoms with van der Waals surface area (Å²) in [7, 11) is 1.71. The van der Waals surface area contributed by atoms with Crippen LogP contribution in [0, 0.1) is 6.92 Å². The fraction of sp³-hybridized carbons (Fsp3) is 0.438. The van der Waals surface area contributed by atoms with Crippen LogP contribution in [0.15, 0.2) is 24.3 Å². The van der Waals surface area contributed by atoms with E-state index in [-0.39, 0.29) is 0 Å². The van der Waals surface area contributed by atoms with Crippen LogP contribution in [0.25, 0.3) is 6.08 Å². The van der Waals surface area contributed by atoms with Gasteiger partial charge in [0, 0.05) is 31.5 Å². The number of aliphatic carboxylic acids is 1. The smallest absolute Gasteiger partial charge is 0.328 e. The number of carboxylic acid groups (broad SMARTS) is 1. The summed E-state index contributed by atoms with van der Waals surface area (Å²) in [5.74, 6) is -0.935. The average molecular weight is 277 g/mol. The molecule has 0 heterocycles. The number of aryl methyl sites for hydroxylation is 1. The van der Waals surface area contributed by atoms with Crippen molar-refractivity contribution in [3.05, 3.63) is 35.4 Å². The molecule has 1 unspecified atom stereocenters. The van der Waals surface area contributed by atoms with Gasteiger partial charge in [-0.15, -0.1) is 0 Å². The van der Waals surface area contributed by atoms with Gasteiger partial charge in [-0.3, -0.25) is 0 Å². The van der Waals surface area contributed by atoms with Crippen molar-refractivity contribution in [1.29, 1.82) is 0 Å². The van der Waals surface area contributed by atoms with Crippen LogP contribution in [0.5, 0.6) is 0 Å². The lowest BCUT2D eigenvalue weighted by Crippen LogP contribution is -2.36. The molecule has 110 valence electrons. The van der Waals surface area contributed by atoms with Crippen molar-refractivity contribution >= 4 is 17.7 Å². The van der Waals surface area contributed by atoms with Gasteiger partial charge >= 0.3 is 5.97 Å². The van der Waals surface area contributed by atoms with Crippen LogP contribution in [-0.2, 0) is 9.53 Å². The van der Waals surface area contributed by atoms with Gasteiger partial charge in [0.2, 0.25) is 0 Å². The van der Waals surface area contributed by atoms with E-state index in [1.807, 2.05) is 25.1 Å². The van der Waals surface area contributed by atoms with E-state index in [1.165, 1.54) is 0 Å². The highest BCUT2D eigenvalue weighted by atomic mass is 16.5. The third-order valence-corrected chi connectivity index (χ3v) is 3.23. The molecule has 4 nitrogen and oxygen atoms in total. The maximum Gasteiger partial charge on any atom is 0.328 e. The largest absolute Gasteiger partial charge is 0.478 e. The second kappa shape index (κ2) is 7.70. The third-order valence-electron chi connectivity index (χ3n) is 3.23. The second-order valence-corrected chi connectivity index (χ2v) is 4.81. The van der Waals surface area contributed by atoms with Gasteiger partial charge in [-0.1, -0.05) is 6.07 Å². The zero-order valence-electron chi connectivity index (χ0n) is 12.6. The summed E-state index contributed by atoms with van der Waals surface area (Å²) >= 11 is 0. The fourth-order valence-corrected chi connectivity index (χ4v) is 2.32. The first-order valence-corrected chi connectivity index (χ1v) is 6.76. The van der Waals surface area contributed by atoms with Crippen molar-refractivity contribution in [1.82, 2.24) is 0 Å². The third kappa shape index (κ3) is 4.38. The molecule has 1 N–H and O–H groups in total. The molecule has 0 fully saturated rings. The van der Waals surface area contributed by atoms with Gasteiger partial charge in [-0.2, -0.15) is 0 Å². The Morgan fingerprint density at radius 3 is 2.70 bits per heavy atom. The highest BCUT2D eigenvalue weighted by molar-refractivity contribution is 5.85. The van der Waals surface area contributed by atoms with Crippen LogP contribution in [0.3, 0.4) is 0 Å². The second-order valence-electron chi connectivity index (χ2n) is 4.81. The Labute approximate surface area is 120 Å². The van der Waals surface area contributed by atoms with Crippen molar-refractivity contribution in [2.75, 3.05) is 25.2 Å². The highest BCUT2D eigenvalue weighted by Crippen LogP contribution is 2.23. The number of nitrogens with zero attached hydrogens (tertiary/aromatic N) is 1. The van der Waals surface area contributed by atoms with Crippen LogP contribution in [0.1, 0.15) is 25.0 Å². The minimum atomic E-state index is -0.935. The molecule has 4 heteroatoms. The van der Waals surface area contributed by atoms with Gasteiger partial charge in [-0.05, 0) is 50.1 Å². The number of methoxy groups -OCH3 is 1. The van der Waals surface area contributed by atoms with Gasteiger partial charge in [0.15, 0.2) is 0 Å². The predicted octanol–water partition coefficient (Wildman–Crippen LogP) is 2.95. The Hall–Kier alpha value is -1.81. The van der Waals surface area contributed by atoms with E-state index in [2.05, 4.69) is 18.7 Å². The molecular weight excluding hydrogens is 254 g/mol. The van der Waals surface area contributed by atoms with E-state index < -0.39 is 5.97 Å². The molecule has 0 aliphatic carbocycles. The Morgan fingerprint density at radius 2 is 2.20 bits per heavy atom. The zero-order valence-corrected chi connectivity index (χ0v) is 12.6. The minimum absolute atomic E-state index is 0.295. The number of hydrogen-bond donors (Lipinski definition) is 1. The van der Waals surface area contributed by atoms with Crippen molar-refractivity contribution in [2.24, 2.45) is 0 Å². The molecule has 20 heavy (non-hydrogen) atoms. The van der Waals surface area contributed by atoms with Gasteiger partial charge in [0.25, 0.3) is 0 Å². The SMILES string of the molecule is CCN(c1ccc(C=CC(=O)O)cc1C)C(C)COC. The summed E-state index contributed by atoms with van der Waals surface area (Å²) in [6, 6.07) is 6.26. The molecule has 1 aromatic carbocycles. The number of benzene rings is 1. The Bertz CT molecular complexity index is 483. The maximum atomic E-state index is 10.5. The van der Waals surface area contributed by atoms with Crippen LogP contribution < -0.4 is 4.90 Å². The number of rotatable bonds is 7. The maximum absolute atomic E-state index is 10.5. The molecule has 1 rings (SSSR count). The lowest BCUT2D eigenvalue weighted by molar-refractivity contribution is -0.131. The lowest BCUT2D eigenvalue weighted by Gasteiger charge is -2.31. The van der Waals surface area contributed by atoms with Gasteiger partial charge in [0.05, 0.1) is 6.61 Å². The van der Waals surface area contributed by atoms with Crippen molar-refractivity contribution in [3.63, 3.8) is 0 Å². The predicted molar refractivity (Wildman–Crippen MR) is 82.2 cm³/mol. The molecule has 0 saturated carbocycles. The van der Waals surface area contributed by atoms with E-state index in [0.29, 0.717) is 12.6 Å². The molecule has 0 bridgehead atoms. The average Bonchev–Trinajstić information content (AvgIpc) is 2.39. The molecule has 0 radical (unpaired) electrons. The molecule has 1 aromatic rings. The summed E-state index contributed by atoms with van der Waals surface area (Å²) in [5.41, 5.74) is 3.18. The molecular formula is C16H23NO3. The van der Waals surface area contributed by atoms with Crippen molar-refractivity contribution < 1.29 is 14.6 Å². The molecule has 0 spiro atoms. The highest BCUT2D eigenvalue weighted by Gasteiger charge is 2.14. The van der Waals surface area contributed by atoms with E-state index in [9.17, 15) is 4.79 Å². The van der Waals surface area contributed by atoms with Gasteiger partial charge in [-0.25, -0.2) is 4.79 Å². The molecule has 0 saturated heterocycles. The topological polar surface area (TPSA) is 49.8 Å². The molecule has 0 aliphatic heterocycles. The van der Waals surface area contributed by atoms with E-state index in [4.69, 9.17) is 9.84 Å². The number of hydrogen-bond acceptors (Lipinski definition) is 3. The first-order valence-electron chi connectivity index (χ1n) is 6.76. The molecule has 1 atom stereocenters. The Balaban J connectivity index is 2.98. The van der Waals surface area contributed by atoms with Crippen LogP contribution in [0.4, 0.5) is 5.69 Å². The minimum Gasteiger partial charge on any atom is -0.478 e. The van der Waals surface area contributed by atoms with E-state index >= 15 is 0 Å². The number of carbonyl (C=O) groups is 1. The van der Waals surface area contributed by atoms with Gasteiger partial charge < -0.3 is 14.7 Å². The fourth-order valence-electron chi connectivity index (χ4n) is 2.32. The first-order chi connectivity index (χ1) is 9.49. The first kappa shape index (κ1) is 16.2. The standard InChI is InChI=1S/C16H23NO3/c1-5-17(13(3)11-20-4)15-8-6-14(10-12(15)2)7-9-16(18)19/h6-10,13H,5,11H2,1-4H3,(H,18,19).